The molecular weight excluding hydrogens is 386 g/mol. The molecular formula is C22H19N3O5. The molecule has 152 valence electrons. The van der Waals surface area contributed by atoms with Crippen molar-refractivity contribution in [2.45, 2.75) is 18.8 Å². The summed E-state index contributed by atoms with van der Waals surface area (Å²) in [6.07, 6.45) is 1.42. The van der Waals surface area contributed by atoms with Crippen molar-refractivity contribution in [3.05, 3.63) is 75.5 Å². The topological polar surface area (TPSA) is 126 Å². The molecule has 0 aliphatic carbocycles. The highest BCUT2D eigenvalue weighted by molar-refractivity contribution is 6.01. The maximum Gasteiger partial charge on any atom is 0.318 e. The maximum absolute atomic E-state index is 13.2. The number of nitro groups is 1. The molecule has 0 fully saturated rings. The number of para-hydroxylation sites is 1. The number of aromatic amines is 1. The summed E-state index contributed by atoms with van der Waals surface area (Å²) in [5, 5.41) is 21.4. The Morgan fingerprint density at radius 1 is 1.20 bits per heavy atom. The number of hydrogen-bond donors (Lipinski definition) is 2. The lowest BCUT2D eigenvalue weighted by Crippen LogP contribution is -2.23. The van der Waals surface area contributed by atoms with Crippen molar-refractivity contribution < 1.29 is 19.6 Å². The van der Waals surface area contributed by atoms with E-state index in [1.54, 1.807) is 6.92 Å². The molecule has 0 bridgehead atoms. The van der Waals surface area contributed by atoms with Gasteiger partial charge in [0.2, 0.25) is 0 Å². The van der Waals surface area contributed by atoms with Crippen LogP contribution < -0.4 is 0 Å². The first kappa shape index (κ1) is 19.5. The number of H-pyrrole nitrogens is 1. The Hall–Kier alpha value is -3.81. The fourth-order valence-electron chi connectivity index (χ4n) is 4.06. The highest BCUT2D eigenvalue weighted by atomic mass is 16.6. The molecule has 1 aliphatic heterocycles. The van der Waals surface area contributed by atoms with Gasteiger partial charge in [-0.15, -0.1) is 0 Å². The fraction of sp³-hybridized carbons (Fsp3) is 0.227. The van der Waals surface area contributed by atoms with Gasteiger partial charge < -0.3 is 10.1 Å². The largest absolute Gasteiger partial charge is 0.480 e. The van der Waals surface area contributed by atoms with Gasteiger partial charge in [-0.2, -0.15) is 0 Å². The summed E-state index contributed by atoms with van der Waals surface area (Å²) < 4.78 is 0. The highest BCUT2D eigenvalue weighted by Gasteiger charge is 2.35. The van der Waals surface area contributed by atoms with Crippen molar-refractivity contribution in [3.63, 3.8) is 0 Å². The zero-order valence-corrected chi connectivity index (χ0v) is 16.1. The first-order valence-corrected chi connectivity index (χ1v) is 9.50. The molecule has 0 saturated carbocycles. The summed E-state index contributed by atoms with van der Waals surface area (Å²) >= 11 is 0. The van der Waals surface area contributed by atoms with Crippen LogP contribution >= 0.6 is 0 Å². The summed E-state index contributed by atoms with van der Waals surface area (Å²) in [5.41, 5.74) is 2.43. The number of Topliss-reactive ketones (excluding diaryl/α,β-unsaturated/α-hetero) is 1. The zero-order chi connectivity index (χ0) is 21.4. The first-order valence-electron chi connectivity index (χ1n) is 9.50. The molecule has 3 unspecified atom stereocenters. The van der Waals surface area contributed by atoms with Crippen molar-refractivity contribution in [1.29, 1.82) is 0 Å². The third-order valence-electron chi connectivity index (χ3n) is 5.66. The number of carboxylic acid groups (broad SMARTS) is 1. The molecule has 2 heterocycles. The van der Waals surface area contributed by atoms with E-state index in [0.29, 0.717) is 11.3 Å². The van der Waals surface area contributed by atoms with E-state index in [0.717, 1.165) is 16.5 Å². The number of nitrogens with one attached hydrogen (secondary N) is 1. The van der Waals surface area contributed by atoms with E-state index in [9.17, 15) is 24.8 Å². The number of nitro benzene ring substituents is 1. The molecule has 3 aromatic rings. The maximum atomic E-state index is 13.2. The molecule has 0 spiro atoms. The second-order valence-electron chi connectivity index (χ2n) is 7.39. The number of nitrogens with zero attached hydrogens (tertiary/aromatic N) is 2. The van der Waals surface area contributed by atoms with Crippen LogP contribution in [-0.4, -0.2) is 39.5 Å². The van der Waals surface area contributed by atoms with Gasteiger partial charge in [-0.25, -0.2) is 0 Å². The number of hydrogen-bond acceptors (Lipinski definition) is 5. The number of benzene rings is 2. The summed E-state index contributed by atoms with van der Waals surface area (Å²) in [6, 6.07) is 13.0. The van der Waals surface area contributed by atoms with Crippen LogP contribution in [0, 0.1) is 16.0 Å². The van der Waals surface area contributed by atoms with Crippen molar-refractivity contribution in [1.82, 2.24) is 4.98 Å². The molecule has 2 N–H and O–H groups in total. The Labute approximate surface area is 171 Å². The lowest BCUT2D eigenvalue weighted by Gasteiger charge is -2.22. The molecule has 1 aromatic heterocycles. The van der Waals surface area contributed by atoms with Crippen molar-refractivity contribution >= 4 is 34.6 Å². The van der Waals surface area contributed by atoms with Crippen LogP contribution in [0.4, 0.5) is 5.69 Å². The van der Waals surface area contributed by atoms with Gasteiger partial charge in [0.1, 0.15) is 5.92 Å². The van der Waals surface area contributed by atoms with Gasteiger partial charge in [-0.1, -0.05) is 25.1 Å². The average molecular weight is 405 g/mol. The van der Waals surface area contributed by atoms with Gasteiger partial charge in [0.15, 0.2) is 5.78 Å². The zero-order valence-electron chi connectivity index (χ0n) is 16.1. The molecule has 8 nitrogen and oxygen atoms in total. The molecule has 30 heavy (non-hydrogen) atoms. The van der Waals surface area contributed by atoms with Crippen LogP contribution in [0.3, 0.4) is 0 Å². The van der Waals surface area contributed by atoms with Gasteiger partial charge in [-0.3, -0.25) is 24.7 Å². The lowest BCUT2D eigenvalue weighted by molar-refractivity contribution is -0.384. The number of ketones is 1. The molecule has 2 aromatic carbocycles. The Bertz CT molecular complexity index is 1180. The number of non-ortho nitro benzene ring substituents is 1. The van der Waals surface area contributed by atoms with Gasteiger partial charge in [0, 0.05) is 58.9 Å². The molecule has 0 saturated heterocycles. The Morgan fingerprint density at radius 3 is 2.57 bits per heavy atom. The third-order valence-corrected chi connectivity index (χ3v) is 5.66. The smallest absolute Gasteiger partial charge is 0.318 e. The SMILES string of the molecule is CC(C(=O)c1ccc([N+](=O)[O-])cc1)C1CN=CC(C(=O)O)c2[nH]c3ccccc3c21. The van der Waals surface area contributed by atoms with Crippen LogP contribution in [0.25, 0.3) is 10.9 Å². The third kappa shape index (κ3) is 3.26. The minimum absolute atomic E-state index is 0.0820. The summed E-state index contributed by atoms with van der Waals surface area (Å²) in [6.45, 7) is 2.06. The van der Waals surface area contributed by atoms with Gasteiger partial charge in [-0.05, 0) is 23.8 Å². The highest BCUT2D eigenvalue weighted by Crippen LogP contribution is 2.39. The second-order valence-corrected chi connectivity index (χ2v) is 7.39. The first-order chi connectivity index (χ1) is 14.4. The van der Waals surface area contributed by atoms with Crippen molar-refractivity contribution in [3.8, 4) is 0 Å². The van der Waals surface area contributed by atoms with Crippen LogP contribution in [0.1, 0.15) is 40.4 Å². The average Bonchev–Trinajstić information content (AvgIpc) is 3.00. The molecule has 0 amide bonds. The van der Waals surface area contributed by atoms with E-state index in [1.165, 1.54) is 30.5 Å². The van der Waals surface area contributed by atoms with Crippen molar-refractivity contribution in [2.75, 3.05) is 6.54 Å². The predicted molar refractivity (Wildman–Crippen MR) is 111 cm³/mol. The van der Waals surface area contributed by atoms with Crippen LogP contribution in [0.2, 0.25) is 0 Å². The van der Waals surface area contributed by atoms with Gasteiger partial charge >= 0.3 is 5.97 Å². The van der Waals surface area contributed by atoms with Crippen LogP contribution in [-0.2, 0) is 4.79 Å². The second kappa shape index (κ2) is 7.55. The quantitative estimate of drug-likeness (QED) is 0.378. The van der Waals surface area contributed by atoms with E-state index in [-0.39, 0.29) is 23.9 Å². The van der Waals surface area contributed by atoms with Gasteiger partial charge in [0.05, 0.1) is 4.92 Å². The number of aromatic nitrogens is 1. The normalized spacial score (nSPS) is 19.1. The Morgan fingerprint density at radius 2 is 1.90 bits per heavy atom. The number of carbonyl (C=O) groups excluding carboxylic acids is 1. The number of carbonyl (C=O) groups is 2. The van der Waals surface area contributed by atoms with E-state index < -0.39 is 22.7 Å². The standard InChI is InChI=1S/C22H19N3O5/c1-12(21(26)13-6-8-14(9-7-13)25(29)30)16-10-23-11-17(22(27)28)20-19(16)15-4-2-3-5-18(15)24-20/h2-9,11-12,16-17,24H,10H2,1H3,(H,27,28). The molecule has 3 atom stereocenters. The minimum atomic E-state index is -1.01. The van der Waals surface area contributed by atoms with Crippen LogP contribution in [0.15, 0.2) is 53.5 Å². The number of aliphatic imine (C=N–C) groups is 1. The minimum Gasteiger partial charge on any atom is -0.480 e. The predicted octanol–water partition coefficient (Wildman–Crippen LogP) is 3.93. The number of fused-ring (bicyclic) bond motifs is 3. The molecule has 4 rings (SSSR count). The molecule has 1 aliphatic rings. The molecule has 0 radical (unpaired) electrons. The monoisotopic (exact) mass is 405 g/mol. The number of rotatable bonds is 5. The number of carboxylic acids is 1. The number of aliphatic carboxylic acids is 1. The van der Waals surface area contributed by atoms with Crippen LogP contribution in [0.5, 0.6) is 0 Å². The van der Waals surface area contributed by atoms with E-state index in [1.807, 2.05) is 24.3 Å². The Balaban J connectivity index is 1.77. The summed E-state index contributed by atoms with van der Waals surface area (Å²) in [7, 11) is 0. The summed E-state index contributed by atoms with van der Waals surface area (Å²) in [5.74, 6) is -2.94. The van der Waals surface area contributed by atoms with E-state index >= 15 is 0 Å². The summed E-state index contributed by atoms with van der Waals surface area (Å²) in [4.78, 5) is 42.9. The molecule has 8 heteroatoms. The Kier molecular flexibility index (Phi) is 4.91. The fourth-order valence-corrected chi connectivity index (χ4v) is 4.06. The van der Waals surface area contributed by atoms with E-state index in [2.05, 4.69) is 9.98 Å². The van der Waals surface area contributed by atoms with E-state index in [4.69, 9.17) is 0 Å². The van der Waals surface area contributed by atoms with Crippen molar-refractivity contribution in [2.24, 2.45) is 10.9 Å². The lowest BCUT2D eigenvalue weighted by atomic mass is 9.80. The van der Waals surface area contributed by atoms with Gasteiger partial charge in [0.25, 0.3) is 5.69 Å².